The summed E-state index contributed by atoms with van der Waals surface area (Å²) in [7, 11) is 0. The molecule has 0 unspecified atom stereocenters. The molecule has 2 aliphatic rings. The number of anilines is 1. The fourth-order valence-electron chi connectivity index (χ4n) is 4.08. The van der Waals surface area contributed by atoms with Gasteiger partial charge in [-0.3, -0.25) is 19.9 Å². The second-order valence-electron chi connectivity index (χ2n) is 8.37. The van der Waals surface area contributed by atoms with Crippen molar-refractivity contribution in [2.24, 2.45) is 5.92 Å². The molecule has 2 N–H and O–H groups in total. The van der Waals surface area contributed by atoms with E-state index in [1.165, 1.54) is 6.20 Å². The molecular formula is C24H23FN6O2S2. The number of hydrogen-bond acceptors (Lipinski definition) is 9. The molecule has 35 heavy (non-hydrogen) atoms. The van der Waals surface area contributed by atoms with Crippen LogP contribution in [-0.4, -0.2) is 45.7 Å². The number of halogens is 1. The molecule has 0 aliphatic carbocycles. The summed E-state index contributed by atoms with van der Waals surface area (Å²) >= 11 is 2.46. The van der Waals surface area contributed by atoms with Crippen LogP contribution < -0.4 is 15.5 Å². The third-order valence-corrected chi connectivity index (χ3v) is 7.48. The molecule has 0 spiro atoms. The lowest BCUT2D eigenvalue weighted by molar-refractivity contribution is -0.115. The Morgan fingerprint density at radius 2 is 2.09 bits per heavy atom. The van der Waals surface area contributed by atoms with E-state index in [0.29, 0.717) is 34.6 Å². The summed E-state index contributed by atoms with van der Waals surface area (Å²) in [6.07, 6.45) is 6.49. The van der Waals surface area contributed by atoms with Gasteiger partial charge in [0.25, 0.3) is 11.1 Å². The number of thioether (sulfide) groups is 1. The molecule has 2 saturated heterocycles. The Hall–Kier alpha value is -3.15. The first kappa shape index (κ1) is 23.6. The van der Waals surface area contributed by atoms with Crippen LogP contribution in [0.1, 0.15) is 24.1 Å². The maximum Gasteiger partial charge on any atom is 0.290 e. The molecule has 8 nitrogen and oxygen atoms in total. The number of rotatable bonds is 7. The van der Waals surface area contributed by atoms with Crippen LogP contribution in [0.3, 0.4) is 0 Å². The van der Waals surface area contributed by atoms with Crippen molar-refractivity contribution in [3.8, 4) is 11.3 Å². The van der Waals surface area contributed by atoms with Gasteiger partial charge < -0.3 is 10.2 Å². The van der Waals surface area contributed by atoms with Crippen LogP contribution in [0.5, 0.6) is 0 Å². The van der Waals surface area contributed by atoms with Gasteiger partial charge in [-0.2, -0.15) is 11.3 Å². The van der Waals surface area contributed by atoms with Crippen molar-refractivity contribution in [3.05, 3.63) is 63.3 Å². The summed E-state index contributed by atoms with van der Waals surface area (Å²) in [6, 6.07) is 5.51. The van der Waals surface area contributed by atoms with Gasteiger partial charge >= 0.3 is 0 Å². The molecule has 11 heteroatoms. The van der Waals surface area contributed by atoms with Crippen LogP contribution in [0.25, 0.3) is 17.3 Å². The van der Waals surface area contributed by atoms with E-state index in [-0.39, 0.29) is 11.1 Å². The Morgan fingerprint density at radius 3 is 2.83 bits per heavy atom. The molecular weight excluding hydrogens is 487 g/mol. The molecule has 0 saturated carbocycles. The third kappa shape index (κ3) is 5.75. The van der Waals surface area contributed by atoms with Crippen LogP contribution in [0.15, 0.2) is 46.3 Å². The maximum atomic E-state index is 14.3. The minimum absolute atomic E-state index is 0.295. The Bertz CT molecular complexity index is 1260. The highest BCUT2D eigenvalue weighted by Gasteiger charge is 2.26. The van der Waals surface area contributed by atoms with Gasteiger partial charge in [0.2, 0.25) is 5.95 Å². The topological polar surface area (TPSA) is 100 Å². The number of carbonyl (C=O) groups excluding carboxylic acids is 2. The molecule has 2 aliphatic heterocycles. The number of imide groups is 1. The Morgan fingerprint density at radius 1 is 1.23 bits per heavy atom. The van der Waals surface area contributed by atoms with E-state index < -0.39 is 5.91 Å². The van der Waals surface area contributed by atoms with E-state index in [4.69, 9.17) is 0 Å². The minimum atomic E-state index is -0.400. The van der Waals surface area contributed by atoms with Crippen LogP contribution in [0, 0.1) is 11.7 Å². The quantitative estimate of drug-likeness (QED) is 0.459. The molecule has 3 aromatic rings. The normalized spacial score (nSPS) is 17.9. The zero-order chi connectivity index (χ0) is 24.2. The smallest absolute Gasteiger partial charge is 0.290 e. The van der Waals surface area contributed by atoms with Gasteiger partial charge in [0, 0.05) is 42.3 Å². The fraction of sp³-hybridized carbons (Fsp3) is 0.292. The lowest BCUT2D eigenvalue weighted by atomic mass is 9.97. The molecule has 2 fully saturated rings. The van der Waals surface area contributed by atoms with Crippen molar-refractivity contribution in [3.63, 3.8) is 0 Å². The van der Waals surface area contributed by atoms with Crippen molar-refractivity contribution in [2.75, 3.05) is 24.5 Å². The Balaban J connectivity index is 1.13. The SMILES string of the molecule is O=C1NC(=O)/C(=C\c2ccnc(N3CCC(CNCc4cc(-c5ccsc5)ncc4F)CC3)n2)S1. The molecule has 3 aromatic heterocycles. The Kier molecular flexibility index (Phi) is 7.16. The highest BCUT2D eigenvalue weighted by Crippen LogP contribution is 2.26. The molecule has 5 rings (SSSR count). The second kappa shape index (κ2) is 10.6. The summed E-state index contributed by atoms with van der Waals surface area (Å²) in [4.78, 5) is 38.7. The first-order valence-electron chi connectivity index (χ1n) is 11.3. The van der Waals surface area contributed by atoms with E-state index in [9.17, 15) is 14.0 Å². The highest BCUT2D eigenvalue weighted by molar-refractivity contribution is 8.18. The van der Waals surface area contributed by atoms with Gasteiger partial charge in [-0.15, -0.1) is 0 Å². The van der Waals surface area contributed by atoms with Crippen molar-refractivity contribution in [1.29, 1.82) is 0 Å². The zero-order valence-corrected chi connectivity index (χ0v) is 20.4. The number of pyridine rings is 1. The molecule has 5 heterocycles. The third-order valence-electron chi connectivity index (χ3n) is 5.98. The van der Waals surface area contributed by atoms with Gasteiger partial charge in [0.1, 0.15) is 5.82 Å². The molecule has 180 valence electrons. The fourth-order valence-corrected chi connectivity index (χ4v) is 5.40. The van der Waals surface area contributed by atoms with Crippen molar-refractivity contribution in [1.82, 2.24) is 25.6 Å². The van der Waals surface area contributed by atoms with Gasteiger partial charge in [0.05, 0.1) is 22.5 Å². The van der Waals surface area contributed by atoms with Crippen LogP contribution in [0.4, 0.5) is 15.1 Å². The molecule has 0 aromatic carbocycles. The minimum Gasteiger partial charge on any atom is -0.341 e. The predicted molar refractivity (Wildman–Crippen MR) is 135 cm³/mol. The number of piperidine rings is 1. The van der Waals surface area contributed by atoms with E-state index in [1.807, 2.05) is 22.9 Å². The largest absolute Gasteiger partial charge is 0.341 e. The second-order valence-corrected chi connectivity index (χ2v) is 10.2. The average molecular weight is 511 g/mol. The number of amides is 2. The van der Waals surface area contributed by atoms with Crippen molar-refractivity contribution < 1.29 is 14.0 Å². The highest BCUT2D eigenvalue weighted by atomic mass is 32.2. The van der Waals surface area contributed by atoms with E-state index in [1.54, 1.807) is 29.7 Å². The number of aromatic nitrogens is 3. The predicted octanol–water partition coefficient (Wildman–Crippen LogP) is 4.07. The van der Waals surface area contributed by atoms with Gasteiger partial charge in [-0.05, 0) is 66.7 Å². The van der Waals surface area contributed by atoms with Gasteiger partial charge in [0.15, 0.2) is 0 Å². The monoisotopic (exact) mass is 510 g/mol. The van der Waals surface area contributed by atoms with E-state index >= 15 is 0 Å². The van der Waals surface area contributed by atoms with E-state index in [0.717, 1.165) is 55.5 Å². The number of hydrogen-bond donors (Lipinski definition) is 2. The molecule has 0 radical (unpaired) electrons. The summed E-state index contributed by atoms with van der Waals surface area (Å²) in [5.41, 5.74) is 3.00. The van der Waals surface area contributed by atoms with Gasteiger partial charge in [-0.25, -0.2) is 14.4 Å². The van der Waals surface area contributed by atoms with Crippen molar-refractivity contribution >= 4 is 46.3 Å². The maximum absolute atomic E-state index is 14.3. The molecule has 0 bridgehead atoms. The number of thiophene rings is 1. The molecule has 0 atom stereocenters. The molecule has 2 amide bonds. The average Bonchev–Trinajstić information content (AvgIpc) is 3.51. The van der Waals surface area contributed by atoms with E-state index in [2.05, 4.69) is 30.5 Å². The number of nitrogens with one attached hydrogen (secondary N) is 2. The van der Waals surface area contributed by atoms with Crippen LogP contribution in [0.2, 0.25) is 0 Å². The summed E-state index contributed by atoms with van der Waals surface area (Å²) in [5, 5.41) is 9.27. The summed E-state index contributed by atoms with van der Waals surface area (Å²) < 4.78 is 14.3. The summed E-state index contributed by atoms with van der Waals surface area (Å²) in [6.45, 7) is 2.88. The number of carbonyl (C=O) groups is 2. The zero-order valence-electron chi connectivity index (χ0n) is 18.7. The Labute approximate surface area is 210 Å². The number of nitrogens with zero attached hydrogens (tertiary/aromatic N) is 4. The van der Waals surface area contributed by atoms with Gasteiger partial charge in [-0.1, -0.05) is 0 Å². The lowest BCUT2D eigenvalue weighted by Gasteiger charge is -2.32. The van der Waals surface area contributed by atoms with Crippen LogP contribution in [-0.2, 0) is 11.3 Å². The lowest BCUT2D eigenvalue weighted by Crippen LogP contribution is -2.38. The standard InChI is InChI=1S/C24H23FN6O2S2/c25-19-13-28-20(16-4-8-34-14-16)9-17(19)12-26-11-15-2-6-31(7-3-15)23-27-5-1-18(29-23)10-21-22(32)30-24(33)35-21/h1,4-5,8-10,13-15,26H,2-3,6-7,11-12H2,(H,30,32,33)/b21-10+. The van der Waals surface area contributed by atoms with Crippen molar-refractivity contribution in [2.45, 2.75) is 19.4 Å². The first-order chi connectivity index (χ1) is 17.0. The first-order valence-corrected chi connectivity index (χ1v) is 13.0. The summed E-state index contributed by atoms with van der Waals surface area (Å²) in [5.74, 6) is 0.390. The van der Waals surface area contributed by atoms with Crippen LogP contribution >= 0.6 is 23.1 Å².